The van der Waals surface area contributed by atoms with Crippen LogP contribution in [0.5, 0.6) is 0 Å². The molecule has 0 unspecified atom stereocenters. The molecule has 4 aliphatic heterocycles. The highest BCUT2D eigenvalue weighted by atomic mass is 79.9. The van der Waals surface area contributed by atoms with Gasteiger partial charge in [-0.3, -0.25) is 19.2 Å². The molecule has 4 aromatic rings. The van der Waals surface area contributed by atoms with E-state index in [2.05, 4.69) is 31.6 Å². The summed E-state index contributed by atoms with van der Waals surface area (Å²) in [7, 11) is 0. The van der Waals surface area contributed by atoms with E-state index >= 15 is 9.59 Å². The summed E-state index contributed by atoms with van der Waals surface area (Å²) in [6.45, 7) is -0.482. The number of fused-ring (bicyclic) bond motifs is 3. The quantitative estimate of drug-likeness (QED) is 0.212. The van der Waals surface area contributed by atoms with Crippen molar-refractivity contribution in [1.82, 2.24) is 30.1 Å². The van der Waals surface area contributed by atoms with Crippen LogP contribution in [0.15, 0.2) is 108 Å². The molecular formula is C40H39BrN6O7. The Labute approximate surface area is 319 Å². The largest absolute Gasteiger partial charge is 0.463 e. The molecule has 5 heterocycles. The minimum absolute atomic E-state index is 0.0233. The molecule has 1 spiro atoms. The van der Waals surface area contributed by atoms with Crippen LogP contribution in [-0.4, -0.2) is 97.1 Å². The van der Waals surface area contributed by atoms with Crippen molar-refractivity contribution in [2.24, 2.45) is 11.8 Å². The van der Waals surface area contributed by atoms with Gasteiger partial charge in [-0.25, -0.2) is 4.68 Å². The SMILES string of the molecule is O=C1CC/C=C\CN(Cn2nnc3ccccc32)C(=O)[C@@H]2N([C@@H](CO)Cc3ccccc3)C(=O)[C@H]3[C@H](C(=O)N[C@H](c4ccccc4)CO1)[C@H]1O[C@@]23C=C1Br. The van der Waals surface area contributed by atoms with Crippen LogP contribution in [0.25, 0.3) is 11.0 Å². The van der Waals surface area contributed by atoms with Gasteiger partial charge in [-0.1, -0.05) is 106 Å². The summed E-state index contributed by atoms with van der Waals surface area (Å²) in [5.74, 6) is -3.98. The van der Waals surface area contributed by atoms with Crippen LogP contribution in [0.4, 0.5) is 0 Å². The predicted octanol–water partition coefficient (Wildman–Crippen LogP) is 3.44. The Morgan fingerprint density at radius 3 is 2.46 bits per heavy atom. The van der Waals surface area contributed by atoms with Gasteiger partial charge in [-0.2, -0.15) is 0 Å². The summed E-state index contributed by atoms with van der Waals surface area (Å²) in [4.78, 5) is 60.8. The smallest absolute Gasteiger partial charge is 0.306 e. The number of nitrogens with one attached hydrogen (secondary N) is 1. The minimum atomic E-state index is -1.54. The average molecular weight is 796 g/mol. The second-order valence-electron chi connectivity index (χ2n) is 14.0. The molecule has 5 bridgehead atoms. The number of likely N-dealkylation sites (tertiary alicyclic amines) is 1. The number of halogens is 1. The summed E-state index contributed by atoms with van der Waals surface area (Å²) in [6, 6.07) is 23.2. The molecule has 2 saturated heterocycles. The van der Waals surface area contributed by atoms with Crippen LogP contribution in [0.3, 0.4) is 0 Å². The molecule has 54 heavy (non-hydrogen) atoms. The van der Waals surface area contributed by atoms with Gasteiger partial charge in [-0.05, 0) is 42.2 Å². The lowest BCUT2D eigenvalue weighted by atomic mass is 9.74. The highest BCUT2D eigenvalue weighted by Crippen LogP contribution is 2.59. The van der Waals surface area contributed by atoms with Gasteiger partial charge in [0.15, 0.2) is 0 Å². The zero-order chi connectivity index (χ0) is 37.4. The third-order valence-corrected chi connectivity index (χ3v) is 11.5. The van der Waals surface area contributed by atoms with Crippen molar-refractivity contribution < 1.29 is 33.8 Å². The van der Waals surface area contributed by atoms with Gasteiger partial charge in [0.2, 0.25) is 11.8 Å². The molecule has 3 aromatic carbocycles. The molecule has 0 saturated carbocycles. The van der Waals surface area contributed by atoms with Gasteiger partial charge < -0.3 is 29.7 Å². The van der Waals surface area contributed by atoms with Crippen molar-refractivity contribution in [2.75, 3.05) is 19.8 Å². The lowest BCUT2D eigenvalue weighted by molar-refractivity contribution is -0.151. The summed E-state index contributed by atoms with van der Waals surface area (Å²) in [5, 5.41) is 22.6. The molecule has 0 radical (unpaired) electrons. The van der Waals surface area contributed by atoms with Crippen LogP contribution in [0, 0.1) is 11.8 Å². The Balaban J connectivity index is 1.24. The van der Waals surface area contributed by atoms with E-state index in [4.69, 9.17) is 9.47 Å². The number of allylic oxidation sites excluding steroid dienone is 1. The Kier molecular flexibility index (Phi) is 9.90. The molecule has 8 rings (SSSR count). The highest BCUT2D eigenvalue weighted by molar-refractivity contribution is 9.11. The summed E-state index contributed by atoms with van der Waals surface area (Å²) >= 11 is 3.63. The second-order valence-corrected chi connectivity index (χ2v) is 15.0. The Morgan fingerprint density at radius 1 is 0.944 bits per heavy atom. The number of benzene rings is 3. The van der Waals surface area contributed by atoms with Crippen LogP contribution in [0.1, 0.15) is 30.0 Å². The van der Waals surface area contributed by atoms with Crippen molar-refractivity contribution >= 4 is 50.7 Å². The maximum absolute atomic E-state index is 15.3. The predicted molar refractivity (Wildman–Crippen MR) is 199 cm³/mol. The number of aliphatic hydroxyl groups excluding tert-OH is 1. The fourth-order valence-corrected chi connectivity index (χ4v) is 9.02. The van der Waals surface area contributed by atoms with Gasteiger partial charge in [0.05, 0.1) is 36.0 Å². The maximum Gasteiger partial charge on any atom is 0.306 e. The lowest BCUT2D eigenvalue weighted by Gasteiger charge is -2.38. The van der Waals surface area contributed by atoms with Gasteiger partial charge in [0.1, 0.15) is 36.5 Å². The molecule has 278 valence electrons. The zero-order valence-electron chi connectivity index (χ0n) is 29.2. The van der Waals surface area contributed by atoms with E-state index in [0.717, 1.165) is 11.1 Å². The number of carbonyl (C=O) groups excluding carboxylic acids is 4. The van der Waals surface area contributed by atoms with Gasteiger partial charge >= 0.3 is 5.97 Å². The lowest BCUT2D eigenvalue weighted by Crippen LogP contribution is -2.59. The van der Waals surface area contributed by atoms with E-state index in [0.29, 0.717) is 21.9 Å². The number of hydrogen-bond acceptors (Lipinski definition) is 9. The fourth-order valence-electron chi connectivity index (χ4n) is 8.28. The number of aliphatic hydroxyl groups is 1. The van der Waals surface area contributed by atoms with Crippen molar-refractivity contribution in [3.8, 4) is 0 Å². The maximum atomic E-state index is 15.3. The minimum Gasteiger partial charge on any atom is -0.463 e. The van der Waals surface area contributed by atoms with Crippen LogP contribution in [0.2, 0.25) is 0 Å². The Bertz CT molecular complexity index is 2130. The number of esters is 1. The summed E-state index contributed by atoms with van der Waals surface area (Å²) in [6.07, 6.45) is 5.21. The number of aromatic nitrogens is 3. The van der Waals surface area contributed by atoms with Gasteiger partial charge in [0, 0.05) is 17.4 Å². The van der Waals surface area contributed by atoms with Crippen molar-refractivity contribution in [3.63, 3.8) is 0 Å². The first-order valence-electron chi connectivity index (χ1n) is 18.0. The number of amides is 3. The topological polar surface area (TPSA) is 156 Å². The van der Waals surface area contributed by atoms with Gasteiger partial charge in [-0.15, -0.1) is 5.10 Å². The normalized spacial score (nSPS) is 28.5. The Morgan fingerprint density at radius 2 is 1.69 bits per heavy atom. The zero-order valence-corrected chi connectivity index (χ0v) is 30.8. The molecule has 3 amide bonds. The Hall–Kier alpha value is -5.18. The fraction of sp³-hybridized carbons (Fsp3) is 0.350. The molecule has 14 heteroatoms. The molecule has 1 aromatic heterocycles. The number of para-hydroxylation sites is 1. The molecular weight excluding hydrogens is 756 g/mol. The van der Waals surface area contributed by atoms with E-state index in [9.17, 15) is 14.7 Å². The molecule has 13 nitrogen and oxygen atoms in total. The number of cyclic esters (lactones) is 1. The number of hydrogen-bond donors (Lipinski definition) is 2. The monoisotopic (exact) mass is 794 g/mol. The van der Waals surface area contributed by atoms with Crippen molar-refractivity contribution in [2.45, 2.75) is 55.8 Å². The van der Waals surface area contributed by atoms with E-state index < -0.39 is 72.0 Å². The van der Waals surface area contributed by atoms with E-state index in [-0.39, 0.29) is 32.7 Å². The standard InChI is InChI=1S/C40H39BrN6O7/c41-28-21-40-34-33(35(28)54-40)37(50)42-30(26-14-6-2-7-15-26)23-53-32(49)18-8-3-11-19-45(24-46-31-17-10-9-16-29(31)43-44-46)39(52)36(40)47(38(34)51)27(22-48)20-25-12-4-1-5-13-25/h1-7,9-17,21,27,30,33-36,48H,8,18-20,22-24H2,(H,42,50)/b11-3-/t27-,30+,33+,34-,35+,36+,40-/m1/s1. The van der Waals surface area contributed by atoms with E-state index in [1.165, 1.54) is 4.90 Å². The number of ether oxygens (including phenoxy) is 2. The van der Waals surface area contributed by atoms with Gasteiger partial charge in [0.25, 0.3) is 5.91 Å². The molecule has 0 aliphatic carbocycles. The summed E-state index contributed by atoms with van der Waals surface area (Å²) in [5.41, 5.74) is 1.40. The first-order chi connectivity index (χ1) is 26.3. The van der Waals surface area contributed by atoms with E-state index in [1.54, 1.807) is 21.7 Å². The third-order valence-electron chi connectivity index (χ3n) is 10.8. The third kappa shape index (κ3) is 6.41. The molecule has 4 aliphatic rings. The molecule has 7 atom stereocenters. The van der Waals surface area contributed by atoms with Crippen molar-refractivity contribution in [3.05, 3.63) is 119 Å². The average Bonchev–Trinajstić information content (AvgIpc) is 3.92. The summed E-state index contributed by atoms with van der Waals surface area (Å²) < 4.78 is 14.6. The number of rotatable bonds is 7. The van der Waals surface area contributed by atoms with Crippen LogP contribution >= 0.6 is 15.9 Å². The molecule has 2 fully saturated rings. The highest BCUT2D eigenvalue weighted by Gasteiger charge is 2.75. The number of nitrogens with zero attached hydrogens (tertiary/aromatic N) is 5. The first kappa shape index (κ1) is 35.8. The second kappa shape index (κ2) is 14.9. The van der Waals surface area contributed by atoms with Crippen LogP contribution in [-0.2, 0) is 41.7 Å². The van der Waals surface area contributed by atoms with Crippen molar-refractivity contribution in [1.29, 1.82) is 0 Å². The first-order valence-corrected chi connectivity index (χ1v) is 18.8. The number of carbonyl (C=O) groups is 4. The van der Waals surface area contributed by atoms with Crippen LogP contribution < -0.4 is 5.32 Å². The molecule has 2 N–H and O–H groups in total. The van der Waals surface area contributed by atoms with E-state index in [1.807, 2.05) is 91.0 Å².